The molecule has 0 spiro atoms. The highest BCUT2D eigenvalue weighted by Gasteiger charge is 2.34. The van der Waals surface area contributed by atoms with Gasteiger partial charge in [0.15, 0.2) is 5.78 Å². The molecule has 1 amide bonds. The zero-order valence-corrected chi connectivity index (χ0v) is 23.4. The Balaban J connectivity index is 2.38. The van der Waals surface area contributed by atoms with Gasteiger partial charge in [0.25, 0.3) is 5.91 Å². The van der Waals surface area contributed by atoms with Gasteiger partial charge in [0.2, 0.25) is 0 Å². The molecule has 0 bridgehead atoms. The van der Waals surface area contributed by atoms with Crippen LogP contribution in [0.5, 0.6) is 5.75 Å². The van der Waals surface area contributed by atoms with Crippen LogP contribution < -0.4 is 4.74 Å². The topological polar surface area (TPSA) is 72.9 Å². The first-order chi connectivity index (χ1) is 16.3. The number of aryl methyl sites for hydroxylation is 2. The summed E-state index contributed by atoms with van der Waals surface area (Å²) in [5, 5.41) is 0. The summed E-state index contributed by atoms with van der Waals surface area (Å²) < 4.78 is 10.6. The maximum Gasteiger partial charge on any atom is 0.325 e. The van der Waals surface area contributed by atoms with Crippen LogP contribution in [0.2, 0.25) is 0 Å². The van der Waals surface area contributed by atoms with Gasteiger partial charge in [-0.05, 0) is 55.5 Å². The largest absolute Gasteiger partial charge is 0.486 e. The molecule has 1 aromatic carbocycles. The molecule has 7 heteroatoms. The molecule has 2 aromatic rings. The quantitative estimate of drug-likeness (QED) is 0.390. The molecule has 0 unspecified atom stereocenters. The third-order valence-corrected chi connectivity index (χ3v) is 8.08. The van der Waals surface area contributed by atoms with Gasteiger partial charge in [-0.2, -0.15) is 0 Å². The number of likely N-dealkylation sites (N-methyl/N-ethyl adjacent to an activating group) is 1. The smallest absolute Gasteiger partial charge is 0.325 e. The number of Topliss-reactive ketones (excluding diaryl/α,β-unsaturated/α-hetero) is 1. The van der Waals surface area contributed by atoms with Crippen LogP contribution in [0.3, 0.4) is 0 Å². The number of nitrogens with zero attached hydrogens (tertiary/aromatic N) is 1. The molecule has 35 heavy (non-hydrogen) atoms. The van der Waals surface area contributed by atoms with Gasteiger partial charge >= 0.3 is 5.97 Å². The highest BCUT2D eigenvalue weighted by atomic mass is 32.1. The number of benzene rings is 1. The average Bonchev–Trinajstić information content (AvgIpc) is 3.19. The predicted octanol–water partition coefficient (Wildman–Crippen LogP) is 5.71. The van der Waals surface area contributed by atoms with Gasteiger partial charge in [0, 0.05) is 22.8 Å². The van der Waals surface area contributed by atoms with Gasteiger partial charge in [0.1, 0.15) is 18.9 Å². The minimum absolute atomic E-state index is 0.0467. The fraction of sp³-hybridized carbons (Fsp3) is 0.536. The molecule has 0 N–H and O–H groups in total. The molecule has 1 heterocycles. The molecular formula is C28H39NO5S. The zero-order valence-electron chi connectivity index (χ0n) is 22.5. The summed E-state index contributed by atoms with van der Waals surface area (Å²) in [6, 6.07) is 8.23. The minimum Gasteiger partial charge on any atom is -0.486 e. The Labute approximate surface area is 213 Å². The summed E-state index contributed by atoms with van der Waals surface area (Å²) in [6.07, 6.45) is 1.72. The second-order valence-corrected chi connectivity index (χ2v) is 11.1. The number of amides is 1. The van der Waals surface area contributed by atoms with Crippen molar-refractivity contribution in [2.75, 3.05) is 27.3 Å². The number of esters is 1. The molecule has 192 valence electrons. The van der Waals surface area contributed by atoms with E-state index >= 15 is 0 Å². The van der Waals surface area contributed by atoms with Crippen LogP contribution in [0.4, 0.5) is 0 Å². The standard InChI is InChI=1S/C28H39NO5S/c1-10-28(11-2,20-12-13-21(18(3)14-20)34-17-22(30)27(5,6)7)23-15-19(4)25(35-23)26(32)29(8)16-24(31)33-9/h12-15H,10-11,16-17H2,1-9H3. The minimum atomic E-state index is -0.450. The van der Waals surface area contributed by atoms with Gasteiger partial charge in [-0.15, -0.1) is 11.3 Å². The summed E-state index contributed by atoms with van der Waals surface area (Å²) in [7, 11) is 2.92. The average molecular weight is 502 g/mol. The van der Waals surface area contributed by atoms with E-state index < -0.39 is 11.4 Å². The molecule has 0 fully saturated rings. The molecular weight excluding hydrogens is 462 g/mol. The molecule has 0 aliphatic carbocycles. The molecule has 6 nitrogen and oxygen atoms in total. The molecule has 0 aliphatic heterocycles. The van der Waals surface area contributed by atoms with E-state index in [9.17, 15) is 14.4 Å². The molecule has 2 rings (SSSR count). The maximum absolute atomic E-state index is 13.1. The lowest BCUT2D eigenvalue weighted by Gasteiger charge is -2.32. The van der Waals surface area contributed by atoms with Gasteiger partial charge in [-0.1, -0.05) is 46.8 Å². The number of thiophene rings is 1. The van der Waals surface area contributed by atoms with E-state index in [1.807, 2.05) is 40.7 Å². The maximum atomic E-state index is 13.1. The van der Waals surface area contributed by atoms with Crippen LogP contribution in [0.25, 0.3) is 0 Å². The van der Waals surface area contributed by atoms with Crippen LogP contribution in [0.1, 0.15) is 78.7 Å². The van der Waals surface area contributed by atoms with Gasteiger partial charge in [0.05, 0.1) is 12.0 Å². The Kier molecular flexibility index (Phi) is 9.29. The van der Waals surface area contributed by atoms with E-state index in [0.717, 1.165) is 34.4 Å². The van der Waals surface area contributed by atoms with E-state index in [1.54, 1.807) is 7.05 Å². The monoisotopic (exact) mass is 501 g/mol. The van der Waals surface area contributed by atoms with E-state index in [-0.39, 0.29) is 30.3 Å². The van der Waals surface area contributed by atoms with Crippen molar-refractivity contribution in [3.8, 4) is 5.75 Å². The van der Waals surface area contributed by atoms with Crippen LogP contribution >= 0.6 is 11.3 Å². The Morgan fingerprint density at radius 3 is 2.14 bits per heavy atom. The van der Waals surface area contributed by atoms with Crippen LogP contribution in [0, 0.1) is 19.3 Å². The van der Waals surface area contributed by atoms with Crippen molar-refractivity contribution in [2.24, 2.45) is 5.41 Å². The van der Waals surface area contributed by atoms with Crippen LogP contribution in [-0.4, -0.2) is 49.9 Å². The lowest BCUT2D eigenvalue weighted by atomic mass is 9.74. The number of ketones is 1. The number of rotatable bonds is 10. The molecule has 0 saturated carbocycles. The van der Waals surface area contributed by atoms with Gasteiger partial charge in [-0.25, -0.2) is 0 Å². The van der Waals surface area contributed by atoms with Crippen molar-refractivity contribution in [3.63, 3.8) is 0 Å². The Morgan fingerprint density at radius 2 is 1.63 bits per heavy atom. The Bertz CT molecular complexity index is 1080. The molecule has 0 atom stereocenters. The normalized spacial score (nSPS) is 11.8. The fourth-order valence-corrected chi connectivity index (χ4v) is 5.57. The van der Waals surface area contributed by atoms with E-state index in [4.69, 9.17) is 9.47 Å². The van der Waals surface area contributed by atoms with E-state index in [0.29, 0.717) is 10.6 Å². The predicted molar refractivity (Wildman–Crippen MR) is 141 cm³/mol. The zero-order chi connectivity index (χ0) is 26.6. The summed E-state index contributed by atoms with van der Waals surface area (Å²) >= 11 is 1.49. The third-order valence-electron chi connectivity index (χ3n) is 6.65. The van der Waals surface area contributed by atoms with E-state index in [1.165, 1.54) is 23.3 Å². The lowest BCUT2D eigenvalue weighted by Crippen LogP contribution is -2.32. The lowest BCUT2D eigenvalue weighted by molar-refractivity contribution is -0.141. The highest BCUT2D eigenvalue weighted by Crippen LogP contribution is 2.44. The van der Waals surface area contributed by atoms with Crippen LogP contribution in [-0.2, 0) is 19.7 Å². The Morgan fingerprint density at radius 1 is 1.00 bits per heavy atom. The molecule has 0 saturated heterocycles. The number of hydrogen-bond donors (Lipinski definition) is 0. The third kappa shape index (κ3) is 6.31. The summed E-state index contributed by atoms with van der Waals surface area (Å²) in [5.41, 5.74) is 2.31. The molecule has 0 aliphatic rings. The highest BCUT2D eigenvalue weighted by molar-refractivity contribution is 7.14. The van der Waals surface area contributed by atoms with Crippen molar-refractivity contribution in [1.29, 1.82) is 0 Å². The van der Waals surface area contributed by atoms with Crippen molar-refractivity contribution in [2.45, 2.75) is 66.7 Å². The first kappa shape index (κ1) is 28.6. The number of ether oxygens (including phenoxy) is 2. The van der Waals surface area contributed by atoms with Crippen molar-refractivity contribution in [3.05, 3.63) is 50.7 Å². The molecule has 0 radical (unpaired) electrons. The number of carbonyl (C=O) groups is 3. The molecule has 1 aromatic heterocycles. The fourth-order valence-electron chi connectivity index (χ4n) is 4.05. The van der Waals surface area contributed by atoms with Crippen LogP contribution in [0.15, 0.2) is 24.3 Å². The second kappa shape index (κ2) is 11.4. The number of hydrogen-bond acceptors (Lipinski definition) is 6. The summed E-state index contributed by atoms with van der Waals surface area (Å²) in [5.74, 6) is 0.124. The SMILES string of the molecule is CCC(CC)(c1ccc(OCC(=O)C(C)(C)C)c(C)c1)c1cc(C)c(C(=O)N(C)CC(=O)OC)s1. The van der Waals surface area contributed by atoms with Gasteiger partial charge < -0.3 is 14.4 Å². The number of methoxy groups -OCH3 is 1. The number of carbonyl (C=O) groups excluding carboxylic acids is 3. The Hall–Kier alpha value is -2.67. The van der Waals surface area contributed by atoms with Crippen molar-refractivity contribution >= 4 is 29.0 Å². The van der Waals surface area contributed by atoms with Gasteiger partial charge in [-0.3, -0.25) is 14.4 Å². The van der Waals surface area contributed by atoms with Crippen molar-refractivity contribution < 1.29 is 23.9 Å². The first-order valence-corrected chi connectivity index (χ1v) is 12.8. The first-order valence-electron chi connectivity index (χ1n) is 12.0. The van der Waals surface area contributed by atoms with E-state index in [2.05, 4.69) is 32.0 Å². The summed E-state index contributed by atoms with van der Waals surface area (Å²) in [4.78, 5) is 40.1. The second-order valence-electron chi connectivity index (χ2n) is 10.1. The summed E-state index contributed by atoms with van der Waals surface area (Å²) in [6.45, 7) is 13.9. The van der Waals surface area contributed by atoms with Crippen molar-refractivity contribution in [1.82, 2.24) is 4.90 Å².